The molecule has 1 aliphatic heterocycles. The Morgan fingerprint density at radius 1 is 0.667 bits per heavy atom. The minimum Gasteiger partial charge on any atom is -0.354 e. The summed E-state index contributed by atoms with van der Waals surface area (Å²) in [5, 5.41) is 4.27. The first kappa shape index (κ1) is 23.0. The number of rotatable bonds is 1. The second kappa shape index (κ2) is 10.6. The van der Waals surface area contributed by atoms with Gasteiger partial charge < -0.3 is 4.98 Å². The molecule has 0 saturated carbocycles. The summed E-state index contributed by atoms with van der Waals surface area (Å²) in [5.41, 5.74) is 7.97. The summed E-state index contributed by atoms with van der Waals surface area (Å²) in [4.78, 5) is 3.79. The molecule has 2 heterocycles. The molecule has 1 atom stereocenters. The average Bonchev–Trinajstić information content (AvgIpc) is 3.03. The van der Waals surface area contributed by atoms with E-state index in [1.54, 1.807) is 0 Å². The molecule has 0 bridgehead atoms. The summed E-state index contributed by atoms with van der Waals surface area (Å²) < 4.78 is 0. The highest BCUT2D eigenvalue weighted by atomic mass is 31.1. The first-order valence-electron chi connectivity index (χ1n) is 12.0. The van der Waals surface area contributed by atoms with Crippen LogP contribution in [0.15, 0.2) is 97.1 Å². The number of aromatic amines is 1. The highest BCUT2D eigenvalue weighted by Crippen LogP contribution is 2.47. The SMILES string of the molecule is C1=CCc2c([nH]c3c2-c2ccccc2P(c2ccccc2)c2ccccc2-3)C=C1.CC.CC. The van der Waals surface area contributed by atoms with E-state index in [0.29, 0.717) is 0 Å². The number of hydrogen-bond acceptors (Lipinski definition) is 0. The fourth-order valence-corrected chi connectivity index (χ4v) is 7.18. The lowest BCUT2D eigenvalue weighted by Gasteiger charge is -2.21. The van der Waals surface area contributed by atoms with Crippen molar-refractivity contribution < 1.29 is 0 Å². The molecule has 0 fully saturated rings. The minimum atomic E-state index is -0.622. The average molecular weight is 450 g/mol. The predicted molar refractivity (Wildman–Crippen MR) is 149 cm³/mol. The van der Waals surface area contributed by atoms with E-state index in [-0.39, 0.29) is 0 Å². The Bertz CT molecular complexity index is 1280. The minimum absolute atomic E-state index is 0.622. The monoisotopic (exact) mass is 449 g/mol. The fraction of sp³-hybridized carbons (Fsp3) is 0.161. The number of aromatic nitrogens is 1. The second-order valence-corrected chi connectivity index (χ2v) is 9.61. The van der Waals surface area contributed by atoms with E-state index in [1.807, 2.05) is 27.7 Å². The van der Waals surface area contributed by atoms with Gasteiger partial charge in [-0.3, -0.25) is 0 Å². The first-order chi connectivity index (χ1) is 16.4. The van der Waals surface area contributed by atoms with Crippen LogP contribution in [0, 0.1) is 0 Å². The Hall–Kier alpha value is -3.15. The molecule has 0 amide bonds. The van der Waals surface area contributed by atoms with Crippen LogP contribution in [0.5, 0.6) is 0 Å². The summed E-state index contributed by atoms with van der Waals surface area (Å²) >= 11 is 0. The molecule has 1 N–H and O–H groups in total. The van der Waals surface area contributed by atoms with Gasteiger partial charge in [-0.15, -0.1) is 0 Å². The molecule has 166 valence electrons. The lowest BCUT2D eigenvalue weighted by atomic mass is 9.95. The van der Waals surface area contributed by atoms with Crippen LogP contribution in [-0.2, 0) is 6.42 Å². The van der Waals surface area contributed by atoms with Crippen molar-refractivity contribution in [3.63, 3.8) is 0 Å². The van der Waals surface area contributed by atoms with E-state index in [4.69, 9.17) is 0 Å². The van der Waals surface area contributed by atoms with E-state index in [9.17, 15) is 0 Å². The largest absolute Gasteiger partial charge is 0.354 e. The Morgan fingerprint density at radius 3 is 2.00 bits per heavy atom. The van der Waals surface area contributed by atoms with Gasteiger partial charge in [-0.25, -0.2) is 0 Å². The molecule has 1 nitrogen and oxygen atoms in total. The maximum absolute atomic E-state index is 3.79. The van der Waals surface area contributed by atoms with Crippen LogP contribution in [0.1, 0.15) is 39.0 Å². The van der Waals surface area contributed by atoms with E-state index in [1.165, 1.54) is 49.6 Å². The summed E-state index contributed by atoms with van der Waals surface area (Å²) in [7, 11) is -0.622. The Kier molecular flexibility index (Phi) is 7.43. The third-order valence-electron chi connectivity index (χ3n) is 5.81. The number of hydrogen-bond donors (Lipinski definition) is 1. The number of nitrogens with one attached hydrogen (secondary N) is 1. The molecule has 2 heteroatoms. The van der Waals surface area contributed by atoms with Gasteiger partial charge in [0, 0.05) is 16.8 Å². The quantitative estimate of drug-likeness (QED) is 0.254. The molecular formula is C31H32NP. The van der Waals surface area contributed by atoms with E-state index in [0.717, 1.165) is 6.42 Å². The van der Waals surface area contributed by atoms with Crippen molar-refractivity contribution in [1.29, 1.82) is 0 Å². The molecule has 33 heavy (non-hydrogen) atoms. The van der Waals surface area contributed by atoms with Gasteiger partial charge >= 0.3 is 0 Å². The molecule has 4 aromatic rings. The van der Waals surface area contributed by atoms with Gasteiger partial charge in [0.25, 0.3) is 0 Å². The zero-order valence-corrected chi connectivity index (χ0v) is 20.9. The highest BCUT2D eigenvalue weighted by Gasteiger charge is 2.31. The van der Waals surface area contributed by atoms with Crippen molar-refractivity contribution >= 4 is 29.9 Å². The van der Waals surface area contributed by atoms with Gasteiger partial charge in [0.2, 0.25) is 0 Å². The van der Waals surface area contributed by atoms with Crippen LogP contribution in [0.4, 0.5) is 0 Å². The predicted octanol–water partition coefficient (Wildman–Crippen LogP) is 7.60. The summed E-state index contributed by atoms with van der Waals surface area (Å²) in [6.45, 7) is 8.00. The van der Waals surface area contributed by atoms with Gasteiger partial charge in [0.15, 0.2) is 0 Å². The van der Waals surface area contributed by atoms with Crippen LogP contribution < -0.4 is 15.9 Å². The normalized spacial score (nSPS) is 14.6. The Balaban J connectivity index is 0.000000617. The molecule has 3 aromatic carbocycles. The number of benzene rings is 3. The number of allylic oxidation sites excluding steroid dienone is 3. The summed E-state index contributed by atoms with van der Waals surface area (Å²) in [5.74, 6) is 0. The number of fused-ring (bicyclic) bond motifs is 7. The zero-order valence-electron chi connectivity index (χ0n) is 20.0. The molecule has 0 spiro atoms. The first-order valence-corrected chi connectivity index (χ1v) is 13.4. The third-order valence-corrected chi connectivity index (χ3v) is 8.37. The van der Waals surface area contributed by atoms with E-state index >= 15 is 0 Å². The van der Waals surface area contributed by atoms with Crippen molar-refractivity contribution in [2.24, 2.45) is 0 Å². The van der Waals surface area contributed by atoms with Crippen molar-refractivity contribution in [3.8, 4) is 22.4 Å². The molecule has 1 aliphatic carbocycles. The van der Waals surface area contributed by atoms with Crippen molar-refractivity contribution in [2.45, 2.75) is 34.1 Å². The van der Waals surface area contributed by atoms with Gasteiger partial charge in [0.05, 0.1) is 5.69 Å². The Labute approximate surface area is 199 Å². The van der Waals surface area contributed by atoms with Crippen LogP contribution in [0.2, 0.25) is 0 Å². The van der Waals surface area contributed by atoms with Crippen LogP contribution >= 0.6 is 7.92 Å². The van der Waals surface area contributed by atoms with Crippen LogP contribution in [-0.4, -0.2) is 4.98 Å². The topological polar surface area (TPSA) is 15.8 Å². The van der Waals surface area contributed by atoms with E-state index < -0.39 is 7.92 Å². The summed E-state index contributed by atoms with van der Waals surface area (Å²) in [6.07, 6.45) is 9.70. The van der Waals surface area contributed by atoms with Crippen molar-refractivity contribution in [1.82, 2.24) is 4.98 Å². The number of H-pyrrole nitrogens is 1. The van der Waals surface area contributed by atoms with Gasteiger partial charge in [0.1, 0.15) is 0 Å². The lowest BCUT2D eigenvalue weighted by molar-refractivity contribution is 1.26. The van der Waals surface area contributed by atoms with Gasteiger partial charge in [-0.1, -0.05) is 125 Å². The fourth-order valence-electron chi connectivity index (χ4n) is 4.57. The smallest absolute Gasteiger partial charge is 0.0548 e. The molecule has 2 aliphatic rings. The summed E-state index contributed by atoms with van der Waals surface area (Å²) in [6, 6.07) is 29.0. The molecule has 0 saturated heterocycles. The standard InChI is InChI=1S/C27H20NP.2C2H6/c1-3-11-19(12-4-1)29-24-17-9-7-14-21(24)26-20-13-5-2-6-16-23(20)28-27(26)22-15-8-10-18-25(22)29;2*1-2/h1-12,14-18,28H,13H2;2*1-2H3. The van der Waals surface area contributed by atoms with Crippen LogP contribution in [0.3, 0.4) is 0 Å². The molecule has 6 rings (SSSR count). The maximum Gasteiger partial charge on any atom is 0.0548 e. The van der Waals surface area contributed by atoms with Crippen LogP contribution in [0.25, 0.3) is 28.5 Å². The molecule has 1 unspecified atom stereocenters. The van der Waals surface area contributed by atoms with E-state index in [2.05, 4.69) is 108 Å². The van der Waals surface area contributed by atoms with Gasteiger partial charge in [-0.2, -0.15) is 0 Å². The zero-order chi connectivity index (χ0) is 23.2. The highest BCUT2D eigenvalue weighted by molar-refractivity contribution is 7.80. The molecule has 1 aromatic heterocycles. The van der Waals surface area contributed by atoms with Crippen molar-refractivity contribution in [2.75, 3.05) is 0 Å². The second-order valence-electron chi connectivity index (χ2n) is 7.46. The third kappa shape index (κ3) is 4.14. The maximum atomic E-state index is 3.79. The molecular weight excluding hydrogens is 417 g/mol. The Morgan fingerprint density at radius 2 is 1.27 bits per heavy atom. The van der Waals surface area contributed by atoms with Crippen molar-refractivity contribution in [3.05, 3.63) is 108 Å². The van der Waals surface area contributed by atoms with Gasteiger partial charge in [-0.05, 0) is 47.5 Å². The lowest BCUT2D eigenvalue weighted by Crippen LogP contribution is -2.21. The molecule has 0 radical (unpaired) electrons.